The summed E-state index contributed by atoms with van der Waals surface area (Å²) in [5.41, 5.74) is 0.466. The fourth-order valence-corrected chi connectivity index (χ4v) is 2.85. The molecule has 0 saturated carbocycles. The molecular formula is C21H17F2NO3. The number of amides is 1. The van der Waals surface area contributed by atoms with Crippen molar-refractivity contribution in [3.05, 3.63) is 83.4 Å². The highest BCUT2D eigenvalue weighted by Gasteiger charge is 2.24. The lowest BCUT2D eigenvalue weighted by atomic mass is 10.0. The van der Waals surface area contributed by atoms with Gasteiger partial charge in [-0.3, -0.25) is 4.79 Å². The standard InChI is InChI=1S/C21H17F2NO3/c1-27-21(26)19(24-20(25)17-9-8-16(22)12-18(17)23)11-13-6-7-14-4-2-3-5-15(14)10-13/h2-10,12,19H,11H2,1H3,(H,24,25)/t19-/m0/s1. The second kappa shape index (κ2) is 7.95. The van der Waals surface area contributed by atoms with E-state index in [1.807, 2.05) is 42.5 Å². The monoisotopic (exact) mass is 369 g/mol. The SMILES string of the molecule is COC(=O)[C@H](Cc1ccc2ccccc2c1)NC(=O)c1ccc(F)cc1F. The molecule has 0 spiro atoms. The van der Waals surface area contributed by atoms with E-state index in [1.54, 1.807) is 0 Å². The van der Waals surface area contributed by atoms with E-state index in [9.17, 15) is 18.4 Å². The Morgan fingerprint density at radius 3 is 2.44 bits per heavy atom. The zero-order valence-corrected chi connectivity index (χ0v) is 14.5. The van der Waals surface area contributed by atoms with Crippen LogP contribution < -0.4 is 5.32 Å². The Morgan fingerprint density at radius 1 is 1.00 bits per heavy atom. The molecule has 3 rings (SSSR count). The summed E-state index contributed by atoms with van der Waals surface area (Å²) < 4.78 is 31.6. The molecule has 0 radical (unpaired) electrons. The zero-order valence-electron chi connectivity index (χ0n) is 14.5. The second-order valence-corrected chi connectivity index (χ2v) is 6.06. The van der Waals surface area contributed by atoms with Crippen LogP contribution in [0.15, 0.2) is 60.7 Å². The van der Waals surface area contributed by atoms with Gasteiger partial charge >= 0.3 is 5.97 Å². The summed E-state index contributed by atoms with van der Waals surface area (Å²) in [6.45, 7) is 0. The summed E-state index contributed by atoms with van der Waals surface area (Å²) in [4.78, 5) is 24.4. The molecule has 1 atom stereocenters. The van der Waals surface area contributed by atoms with Crippen molar-refractivity contribution in [1.29, 1.82) is 0 Å². The van der Waals surface area contributed by atoms with E-state index in [4.69, 9.17) is 4.74 Å². The summed E-state index contributed by atoms with van der Waals surface area (Å²) in [5, 5.41) is 4.51. The summed E-state index contributed by atoms with van der Waals surface area (Å²) in [5.74, 6) is -3.26. The van der Waals surface area contributed by atoms with E-state index >= 15 is 0 Å². The minimum Gasteiger partial charge on any atom is -0.467 e. The van der Waals surface area contributed by atoms with Gasteiger partial charge < -0.3 is 10.1 Å². The summed E-state index contributed by atoms with van der Waals surface area (Å²) in [6.07, 6.45) is 0.173. The minimum absolute atomic E-state index is 0.173. The van der Waals surface area contributed by atoms with Gasteiger partial charge in [0.2, 0.25) is 0 Å². The Balaban J connectivity index is 1.82. The molecule has 0 unspecified atom stereocenters. The number of esters is 1. The molecular weight excluding hydrogens is 352 g/mol. The molecule has 3 aromatic carbocycles. The van der Waals surface area contributed by atoms with Crippen molar-refractivity contribution < 1.29 is 23.1 Å². The number of carbonyl (C=O) groups is 2. The fourth-order valence-electron chi connectivity index (χ4n) is 2.85. The van der Waals surface area contributed by atoms with E-state index in [2.05, 4.69) is 5.32 Å². The quantitative estimate of drug-likeness (QED) is 0.699. The van der Waals surface area contributed by atoms with Crippen LogP contribution in [-0.4, -0.2) is 25.0 Å². The van der Waals surface area contributed by atoms with Crippen LogP contribution in [0.5, 0.6) is 0 Å². The van der Waals surface area contributed by atoms with E-state index < -0.39 is 29.6 Å². The van der Waals surface area contributed by atoms with Gasteiger partial charge in [-0.2, -0.15) is 0 Å². The van der Waals surface area contributed by atoms with E-state index in [0.717, 1.165) is 28.5 Å². The van der Waals surface area contributed by atoms with Crippen molar-refractivity contribution in [3.8, 4) is 0 Å². The molecule has 1 amide bonds. The van der Waals surface area contributed by atoms with Gasteiger partial charge in [-0.25, -0.2) is 13.6 Å². The lowest BCUT2D eigenvalue weighted by molar-refractivity contribution is -0.142. The average molecular weight is 369 g/mol. The van der Waals surface area contributed by atoms with Gasteiger partial charge in [0.05, 0.1) is 12.7 Å². The first kappa shape index (κ1) is 18.5. The number of hydrogen-bond donors (Lipinski definition) is 1. The molecule has 3 aromatic rings. The maximum Gasteiger partial charge on any atom is 0.328 e. The largest absolute Gasteiger partial charge is 0.467 e. The van der Waals surface area contributed by atoms with E-state index in [1.165, 1.54) is 7.11 Å². The maximum atomic E-state index is 13.8. The molecule has 0 saturated heterocycles. The van der Waals surface area contributed by atoms with Gasteiger partial charge in [-0.1, -0.05) is 42.5 Å². The highest BCUT2D eigenvalue weighted by molar-refractivity contribution is 5.97. The normalized spacial score (nSPS) is 11.8. The Hall–Kier alpha value is -3.28. The van der Waals surface area contributed by atoms with Gasteiger partial charge in [-0.15, -0.1) is 0 Å². The molecule has 0 heterocycles. The number of nitrogens with one attached hydrogen (secondary N) is 1. The summed E-state index contributed by atoms with van der Waals surface area (Å²) in [6, 6.07) is 15.0. The topological polar surface area (TPSA) is 55.4 Å². The molecule has 0 aromatic heterocycles. The molecule has 138 valence electrons. The van der Waals surface area contributed by atoms with Crippen molar-refractivity contribution in [3.63, 3.8) is 0 Å². The van der Waals surface area contributed by atoms with Crippen LogP contribution in [0.25, 0.3) is 10.8 Å². The van der Waals surface area contributed by atoms with Crippen molar-refractivity contribution in [2.75, 3.05) is 7.11 Å². The first-order chi connectivity index (χ1) is 13.0. The third-order valence-electron chi connectivity index (χ3n) is 4.22. The first-order valence-corrected chi connectivity index (χ1v) is 8.29. The van der Waals surface area contributed by atoms with Crippen molar-refractivity contribution in [1.82, 2.24) is 5.32 Å². The van der Waals surface area contributed by atoms with E-state index in [0.29, 0.717) is 6.07 Å². The van der Waals surface area contributed by atoms with Crippen LogP contribution in [0.4, 0.5) is 8.78 Å². The number of methoxy groups -OCH3 is 1. The molecule has 1 N–H and O–H groups in total. The average Bonchev–Trinajstić information content (AvgIpc) is 2.66. The van der Waals surface area contributed by atoms with Gasteiger partial charge in [-0.05, 0) is 28.5 Å². The Labute approximate surface area is 154 Å². The number of carbonyl (C=O) groups excluding carboxylic acids is 2. The van der Waals surface area contributed by atoms with Crippen LogP contribution in [-0.2, 0) is 16.0 Å². The maximum absolute atomic E-state index is 13.8. The van der Waals surface area contributed by atoms with E-state index in [-0.39, 0.29) is 12.0 Å². The van der Waals surface area contributed by atoms with Crippen molar-refractivity contribution in [2.45, 2.75) is 12.5 Å². The number of hydrogen-bond acceptors (Lipinski definition) is 3. The smallest absolute Gasteiger partial charge is 0.328 e. The number of halogens is 2. The van der Waals surface area contributed by atoms with Gasteiger partial charge in [0.1, 0.15) is 17.7 Å². The molecule has 0 aliphatic carbocycles. The predicted molar refractivity (Wildman–Crippen MR) is 97.3 cm³/mol. The predicted octanol–water partition coefficient (Wildman–Crippen LogP) is 3.63. The molecule has 0 aliphatic heterocycles. The van der Waals surface area contributed by atoms with Crippen LogP contribution in [0.2, 0.25) is 0 Å². The number of benzene rings is 3. The molecule has 4 nitrogen and oxygen atoms in total. The third-order valence-corrected chi connectivity index (χ3v) is 4.22. The third kappa shape index (κ3) is 4.28. The Bertz CT molecular complexity index is 1000. The fraction of sp³-hybridized carbons (Fsp3) is 0.143. The molecule has 6 heteroatoms. The second-order valence-electron chi connectivity index (χ2n) is 6.06. The number of fused-ring (bicyclic) bond motifs is 1. The Morgan fingerprint density at radius 2 is 1.74 bits per heavy atom. The van der Waals surface area contributed by atoms with Gasteiger partial charge in [0.15, 0.2) is 0 Å². The molecule has 0 bridgehead atoms. The first-order valence-electron chi connectivity index (χ1n) is 8.29. The number of ether oxygens (including phenoxy) is 1. The summed E-state index contributed by atoms with van der Waals surface area (Å²) >= 11 is 0. The molecule has 0 fully saturated rings. The molecule has 27 heavy (non-hydrogen) atoms. The van der Waals surface area contributed by atoms with Crippen LogP contribution >= 0.6 is 0 Å². The molecule has 0 aliphatic rings. The highest BCUT2D eigenvalue weighted by Crippen LogP contribution is 2.17. The van der Waals surface area contributed by atoms with Crippen molar-refractivity contribution in [2.24, 2.45) is 0 Å². The van der Waals surface area contributed by atoms with Crippen LogP contribution in [0, 0.1) is 11.6 Å². The minimum atomic E-state index is -1.01. The van der Waals surface area contributed by atoms with Crippen molar-refractivity contribution >= 4 is 22.6 Å². The van der Waals surface area contributed by atoms with Crippen LogP contribution in [0.1, 0.15) is 15.9 Å². The van der Waals surface area contributed by atoms with Crippen LogP contribution in [0.3, 0.4) is 0 Å². The number of rotatable bonds is 5. The highest BCUT2D eigenvalue weighted by atomic mass is 19.1. The lowest BCUT2D eigenvalue weighted by Gasteiger charge is -2.17. The van der Waals surface area contributed by atoms with Gasteiger partial charge in [0.25, 0.3) is 5.91 Å². The summed E-state index contributed by atoms with van der Waals surface area (Å²) in [7, 11) is 1.21. The lowest BCUT2D eigenvalue weighted by Crippen LogP contribution is -2.43. The zero-order chi connectivity index (χ0) is 19.4. The Kier molecular flexibility index (Phi) is 5.45. The van der Waals surface area contributed by atoms with Gasteiger partial charge in [0, 0.05) is 12.5 Å².